The largest absolute Gasteiger partial charge is 0.489 e. The Morgan fingerprint density at radius 2 is 1.88 bits per heavy atom. The lowest BCUT2D eigenvalue weighted by molar-refractivity contribution is -0.148. The summed E-state index contributed by atoms with van der Waals surface area (Å²) in [5, 5.41) is 3.90. The van der Waals surface area contributed by atoms with Gasteiger partial charge < -0.3 is 14.0 Å². The molecule has 0 aliphatic heterocycles. The van der Waals surface area contributed by atoms with Gasteiger partial charge in [-0.15, -0.1) is 0 Å². The van der Waals surface area contributed by atoms with Gasteiger partial charge in [0.05, 0.1) is 11.3 Å². The molecule has 1 aromatic carbocycles. The van der Waals surface area contributed by atoms with Crippen LogP contribution < -0.4 is 4.74 Å². The van der Waals surface area contributed by atoms with Crippen molar-refractivity contribution in [1.82, 2.24) is 5.16 Å². The number of rotatable bonds is 5. The predicted molar refractivity (Wildman–Crippen MR) is 91.6 cm³/mol. The Hall–Kier alpha value is -2.56. The number of aromatic nitrogens is 1. The predicted octanol–water partition coefficient (Wildman–Crippen LogP) is 4.23. The van der Waals surface area contributed by atoms with Crippen molar-refractivity contribution in [2.24, 2.45) is 0 Å². The molecule has 0 aliphatic carbocycles. The van der Waals surface area contributed by atoms with E-state index in [9.17, 15) is 4.79 Å². The quantitative estimate of drug-likeness (QED) is 0.607. The molecule has 128 valence electrons. The maximum atomic E-state index is 11.6. The van der Waals surface area contributed by atoms with Crippen LogP contribution in [0.1, 0.15) is 43.4 Å². The van der Waals surface area contributed by atoms with Gasteiger partial charge in [-0.3, -0.25) is 0 Å². The van der Waals surface area contributed by atoms with Gasteiger partial charge in [0, 0.05) is 6.08 Å². The average molecular weight is 329 g/mol. The molecule has 1 heterocycles. The zero-order chi connectivity index (χ0) is 17.7. The van der Waals surface area contributed by atoms with Crippen LogP contribution in [-0.4, -0.2) is 16.7 Å². The second-order valence-corrected chi connectivity index (χ2v) is 6.53. The van der Waals surface area contributed by atoms with Crippen LogP contribution in [0.5, 0.6) is 5.75 Å². The SMILES string of the molecule is Cc1noc(C)c1COc1ccc(/C=C/C(=O)OC(C)(C)C)cc1. The summed E-state index contributed by atoms with van der Waals surface area (Å²) in [6, 6.07) is 7.47. The van der Waals surface area contributed by atoms with Crippen LogP contribution >= 0.6 is 0 Å². The molecule has 0 fully saturated rings. The molecule has 2 rings (SSSR count). The molecule has 0 atom stereocenters. The van der Waals surface area contributed by atoms with E-state index in [1.165, 1.54) is 6.08 Å². The highest BCUT2D eigenvalue weighted by molar-refractivity contribution is 5.87. The summed E-state index contributed by atoms with van der Waals surface area (Å²) in [6.07, 6.45) is 3.14. The molecular weight excluding hydrogens is 306 g/mol. The molecule has 0 spiro atoms. The Morgan fingerprint density at radius 3 is 2.42 bits per heavy atom. The molecule has 0 saturated heterocycles. The van der Waals surface area contributed by atoms with E-state index in [4.69, 9.17) is 14.0 Å². The van der Waals surface area contributed by atoms with Crippen LogP contribution in [0.15, 0.2) is 34.9 Å². The smallest absolute Gasteiger partial charge is 0.331 e. The Bertz CT molecular complexity index is 701. The van der Waals surface area contributed by atoms with E-state index in [1.807, 2.05) is 58.9 Å². The maximum Gasteiger partial charge on any atom is 0.331 e. The summed E-state index contributed by atoms with van der Waals surface area (Å²) in [5.41, 5.74) is 2.20. The van der Waals surface area contributed by atoms with Gasteiger partial charge in [-0.2, -0.15) is 0 Å². The highest BCUT2D eigenvalue weighted by Crippen LogP contribution is 2.18. The molecule has 0 amide bonds. The summed E-state index contributed by atoms with van der Waals surface area (Å²) < 4.78 is 16.1. The number of benzene rings is 1. The summed E-state index contributed by atoms with van der Waals surface area (Å²) in [6.45, 7) is 9.68. The first kappa shape index (κ1) is 17.8. The third-order valence-electron chi connectivity index (χ3n) is 3.26. The molecule has 0 radical (unpaired) electrons. The minimum absolute atomic E-state index is 0.360. The number of hydrogen-bond acceptors (Lipinski definition) is 5. The number of carbonyl (C=O) groups excluding carboxylic acids is 1. The van der Waals surface area contributed by atoms with Crippen LogP contribution in [0.2, 0.25) is 0 Å². The molecule has 5 heteroatoms. The second-order valence-electron chi connectivity index (χ2n) is 6.53. The fourth-order valence-corrected chi connectivity index (χ4v) is 2.04. The number of hydrogen-bond donors (Lipinski definition) is 0. The number of ether oxygens (including phenoxy) is 2. The zero-order valence-electron chi connectivity index (χ0n) is 14.8. The van der Waals surface area contributed by atoms with Crippen molar-refractivity contribution in [3.63, 3.8) is 0 Å². The van der Waals surface area contributed by atoms with E-state index in [0.717, 1.165) is 28.3 Å². The number of aryl methyl sites for hydroxylation is 2. The molecule has 0 aliphatic rings. The average Bonchev–Trinajstić information content (AvgIpc) is 2.81. The monoisotopic (exact) mass is 329 g/mol. The van der Waals surface area contributed by atoms with E-state index in [2.05, 4.69) is 5.16 Å². The van der Waals surface area contributed by atoms with Crippen molar-refractivity contribution in [3.8, 4) is 5.75 Å². The fraction of sp³-hybridized carbons (Fsp3) is 0.368. The van der Waals surface area contributed by atoms with E-state index < -0.39 is 5.60 Å². The topological polar surface area (TPSA) is 61.6 Å². The zero-order valence-corrected chi connectivity index (χ0v) is 14.8. The van der Waals surface area contributed by atoms with Gasteiger partial charge >= 0.3 is 5.97 Å². The minimum atomic E-state index is -0.489. The third-order valence-corrected chi connectivity index (χ3v) is 3.26. The van der Waals surface area contributed by atoms with Crippen LogP contribution in [0, 0.1) is 13.8 Å². The van der Waals surface area contributed by atoms with Crippen LogP contribution in [0.3, 0.4) is 0 Å². The molecule has 0 saturated carbocycles. The van der Waals surface area contributed by atoms with Crippen molar-refractivity contribution in [2.75, 3.05) is 0 Å². The molecule has 2 aromatic rings. The first-order chi connectivity index (χ1) is 11.2. The van der Waals surface area contributed by atoms with E-state index in [-0.39, 0.29) is 5.97 Å². The van der Waals surface area contributed by atoms with Crippen molar-refractivity contribution in [1.29, 1.82) is 0 Å². The summed E-state index contributed by atoms with van der Waals surface area (Å²) in [4.78, 5) is 11.6. The summed E-state index contributed by atoms with van der Waals surface area (Å²) in [5.74, 6) is 1.15. The van der Waals surface area contributed by atoms with Gasteiger partial charge in [-0.1, -0.05) is 17.3 Å². The fourth-order valence-electron chi connectivity index (χ4n) is 2.04. The number of esters is 1. The van der Waals surface area contributed by atoms with Gasteiger partial charge in [0.2, 0.25) is 0 Å². The lowest BCUT2D eigenvalue weighted by Gasteiger charge is -2.17. The highest BCUT2D eigenvalue weighted by atomic mass is 16.6. The van der Waals surface area contributed by atoms with E-state index in [1.54, 1.807) is 6.08 Å². The van der Waals surface area contributed by atoms with Crippen molar-refractivity contribution >= 4 is 12.0 Å². The Balaban J connectivity index is 1.92. The Morgan fingerprint density at radius 1 is 1.21 bits per heavy atom. The van der Waals surface area contributed by atoms with Crippen molar-refractivity contribution in [2.45, 2.75) is 46.8 Å². The first-order valence-electron chi connectivity index (χ1n) is 7.80. The summed E-state index contributed by atoms with van der Waals surface area (Å²) in [7, 11) is 0. The third kappa shape index (κ3) is 5.26. The molecular formula is C19H23NO4. The van der Waals surface area contributed by atoms with Crippen LogP contribution in [0.25, 0.3) is 6.08 Å². The Labute approximate surface area is 142 Å². The Kier molecular flexibility index (Phi) is 5.44. The van der Waals surface area contributed by atoms with Crippen molar-refractivity contribution in [3.05, 3.63) is 52.9 Å². The molecule has 24 heavy (non-hydrogen) atoms. The molecule has 0 N–H and O–H groups in total. The standard InChI is InChI=1S/C19H23NO4/c1-13-17(14(2)24-20-13)12-22-16-9-6-15(7-10-16)8-11-18(21)23-19(3,4)5/h6-11H,12H2,1-5H3/b11-8+. The lowest BCUT2D eigenvalue weighted by atomic mass is 10.2. The van der Waals surface area contributed by atoms with Crippen molar-refractivity contribution < 1.29 is 18.8 Å². The van der Waals surface area contributed by atoms with E-state index in [0.29, 0.717) is 6.61 Å². The molecule has 1 aromatic heterocycles. The highest BCUT2D eigenvalue weighted by Gasteiger charge is 2.13. The molecule has 0 unspecified atom stereocenters. The van der Waals surface area contributed by atoms with Crippen LogP contribution in [0.4, 0.5) is 0 Å². The van der Waals surface area contributed by atoms with Gasteiger partial charge in [-0.05, 0) is 58.4 Å². The maximum absolute atomic E-state index is 11.6. The second kappa shape index (κ2) is 7.34. The van der Waals surface area contributed by atoms with Crippen LogP contribution in [-0.2, 0) is 16.1 Å². The van der Waals surface area contributed by atoms with Gasteiger partial charge in [0.1, 0.15) is 23.7 Å². The first-order valence-corrected chi connectivity index (χ1v) is 7.80. The van der Waals surface area contributed by atoms with E-state index >= 15 is 0 Å². The number of nitrogens with zero attached hydrogens (tertiary/aromatic N) is 1. The van der Waals surface area contributed by atoms with Gasteiger partial charge in [0.25, 0.3) is 0 Å². The molecule has 5 nitrogen and oxygen atoms in total. The van der Waals surface area contributed by atoms with Gasteiger partial charge in [-0.25, -0.2) is 4.79 Å². The molecule has 0 bridgehead atoms. The summed E-state index contributed by atoms with van der Waals surface area (Å²) >= 11 is 0. The minimum Gasteiger partial charge on any atom is -0.489 e. The van der Waals surface area contributed by atoms with Gasteiger partial charge in [0.15, 0.2) is 0 Å². The normalized spacial score (nSPS) is 11.7. The number of carbonyl (C=O) groups is 1. The lowest BCUT2D eigenvalue weighted by Crippen LogP contribution is -2.22.